The van der Waals surface area contributed by atoms with Gasteiger partial charge < -0.3 is 29.0 Å². The van der Waals surface area contributed by atoms with E-state index in [2.05, 4.69) is 28.2 Å². The number of H-pyrrole nitrogens is 2. The molecule has 0 radical (unpaired) electrons. The molecule has 5 heterocycles. The van der Waals surface area contributed by atoms with Crippen LogP contribution in [0.25, 0.3) is 0 Å². The average Bonchev–Trinajstić information content (AvgIpc) is 3.21. The van der Waals surface area contributed by atoms with E-state index in [-0.39, 0.29) is 44.6 Å². The molecule has 4 aromatic rings. The predicted molar refractivity (Wildman–Crippen MR) is 225 cm³/mol. The molecule has 2 aliphatic heterocycles. The van der Waals surface area contributed by atoms with Gasteiger partial charge in [-0.25, -0.2) is 0 Å². The van der Waals surface area contributed by atoms with Gasteiger partial charge in [0, 0.05) is 54.4 Å². The van der Waals surface area contributed by atoms with Gasteiger partial charge in [-0.05, 0) is 125 Å². The highest BCUT2D eigenvalue weighted by Crippen LogP contribution is 2.39. The quantitative estimate of drug-likeness (QED) is 0.112. The summed E-state index contributed by atoms with van der Waals surface area (Å²) in [4.78, 5) is 47.9. The van der Waals surface area contributed by atoms with E-state index in [1.165, 1.54) is 25.2 Å². The highest BCUT2D eigenvalue weighted by Gasteiger charge is 2.38. The summed E-state index contributed by atoms with van der Waals surface area (Å²) in [6.45, 7) is 3.50. The molecule has 1 fully saturated rings. The van der Waals surface area contributed by atoms with Crippen LogP contribution < -0.4 is 31.4 Å². The van der Waals surface area contributed by atoms with E-state index < -0.39 is 22.9 Å². The molecule has 2 unspecified atom stereocenters. The summed E-state index contributed by atoms with van der Waals surface area (Å²) in [5, 5.41) is 26.8. The monoisotopic (exact) mass is 824 g/mol. The van der Waals surface area contributed by atoms with Crippen LogP contribution in [-0.2, 0) is 26.2 Å². The SMILES string of the molecule is COc1ccc(C(c2c([O-])n(CCC3=CCCCC3)c(=S)[nH]c2=O)c2c(O)n(CCC3=CCCCC3)c(=S)[nH]c2=O)cc1C[NH+]1C[C@H]2C[C@@H](C1)c1cccc(=O)n1C2. The Kier molecular flexibility index (Phi) is 11.9. The molecule has 306 valence electrons. The Morgan fingerprint density at radius 2 is 1.57 bits per heavy atom. The Morgan fingerprint density at radius 1 is 0.897 bits per heavy atom. The fraction of sp³-hybridized carbons (Fsp3) is 0.477. The number of nitrogens with zero attached hydrogens (tertiary/aromatic N) is 3. The molecule has 4 aliphatic rings. The topological polar surface area (TPSA) is 155 Å². The number of piperidine rings is 1. The fourth-order valence-corrected chi connectivity index (χ4v) is 10.5. The van der Waals surface area contributed by atoms with Gasteiger partial charge >= 0.3 is 0 Å². The van der Waals surface area contributed by atoms with Gasteiger partial charge in [0.15, 0.2) is 9.54 Å². The molecular weight excluding hydrogens is 773 g/mol. The van der Waals surface area contributed by atoms with Gasteiger partial charge in [-0.15, -0.1) is 0 Å². The Labute approximate surface area is 347 Å². The van der Waals surface area contributed by atoms with Crippen molar-refractivity contribution in [2.24, 2.45) is 5.92 Å². The first-order valence-electron chi connectivity index (χ1n) is 20.8. The standard InChI is InChI=1S/C44H52N6O6S2/c1-56-34-16-15-30(22-32(34)26-47-23-29-21-31(25-47)33-13-8-14-35(51)50(33)24-29)36(37-39(52)45-43(57)48(41(37)54)19-17-27-9-4-2-5-10-27)38-40(53)46-44(58)49(42(38)55)20-18-28-11-6-3-7-12-28/h8-9,11,13-16,22,29,31,36,54-55H,2-7,10,12,17-21,23-26H2,1H3,(H,45,52,57)(H,46,53,58)/t29-,31+/m1/s1. The first kappa shape index (κ1) is 40.0. The molecule has 2 bridgehead atoms. The number of hydrogen-bond acceptors (Lipinski definition) is 8. The third kappa shape index (κ3) is 8.10. The van der Waals surface area contributed by atoms with E-state index in [9.17, 15) is 24.6 Å². The van der Waals surface area contributed by atoms with E-state index in [0.29, 0.717) is 49.7 Å². The van der Waals surface area contributed by atoms with Crippen molar-refractivity contribution in [2.45, 2.75) is 109 Å². The van der Waals surface area contributed by atoms with E-state index in [4.69, 9.17) is 29.2 Å². The van der Waals surface area contributed by atoms with E-state index >= 15 is 0 Å². The molecule has 2 aliphatic carbocycles. The number of aromatic amines is 2. The lowest BCUT2D eigenvalue weighted by atomic mass is 9.82. The minimum atomic E-state index is -1.27. The van der Waals surface area contributed by atoms with Crippen LogP contribution in [0, 0.1) is 15.5 Å². The minimum Gasteiger partial charge on any atom is -0.860 e. The van der Waals surface area contributed by atoms with Crippen LogP contribution >= 0.6 is 24.4 Å². The Hall–Kier alpha value is -4.79. The molecule has 4 atom stereocenters. The number of aromatic nitrogens is 5. The molecule has 12 nitrogen and oxygen atoms in total. The van der Waals surface area contributed by atoms with Crippen molar-refractivity contribution in [3.63, 3.8) is 0 Å². The average molecular weight is 825 g/mol. The van der Waals surface area contributed by atoms with Gasteiger partial charge in [0.05, 0.1) is 31.7 Å². The smallest absolute Gasteiger partial charge is 0.259 e. The summed E-state index contributed by atoms with van der Waals surface area (Å²) in [7, 11) is 1.61. The van der Waals surface area contributed by atoms with Gasteiger partial charge in [-0.3, -0.25) is 28.9 Å². The number of likely N-dealkylation sites (tertiary alicyclic amines) is 1. The Balaban J connectivity index is 1.23. The second kappa shape index (κ2) is 17.2. The van der Waals surface area contributed by atoms with Crippen molar-refractivity contribution >= 4 is 24.4 Å². The second-order valence-corrected chi connectivity index (χ2v) is 17.3. The molecule has 1 aromatic carbocycles. The molecular formula is C44H52N6O6S2. The van der Waals surface area contributed by atoms with Crippen LogP contribution in [0.3, 0.4) is 0 Å². The normalized spacial score (nSPS) is 20.8. The number of aromatic hydroxyl groups is 1. The number of hydrogen-bond donors (Lipinski definition) is 4. The van der Waals surface area contributed by atoms with Gasteiger partial charge in [0.25, 0.3) is 16.7 Å². The third-order valence-electron chi connectivity index (χ3n) is 12.8. The number of rotatable bonds is 12. The van der Waals surface area contributed by atoms with Crippen molar-refractivity contribution in [1.82, 2.24) is 23.7 Å². The Morgan fingerprint density at radius 3 is 2.24 bits per heavy atom. The molecule has 4 N–H and O–H groups in total. The van der Waals surface area contributed by atoms with Crippen LogP contribution in [0.4, 0.5) is 0 Å². The molecule has 1 saturated heterocycles. The first-order chi connectivity index (χ1) is 28.1. The zero-order chi connectivity index (χ0) is 40.5. The van der Waals surface area contributed by atoms with E-state index in [1.807, 2.05) is 16.7 Å². The van der Waals surface area contributed by atoms with E-state index in [1.54, 1.807) is 25.3 Å². The lowest BCUT2D eigenvalue weighted by Crippen LogP contribution is -3.13. The molecule has 3 aromatic heterocycles. The number of methoxy groups -OCH3 is 1. The lowest BCUT2D eigenvalue weighted by molar-refractivity contribution is -0.924. The fourth-order valence-electron chi connectivity index (χ4n) is 9.97. The maximum Gasteiger partial charge on any atom is 0.259 e. The lowest BCUT2D eigenvalue weighted by Gasteiger charge is -2.40. The summed E-state index contributed by atoms with van der Waals surface area (Å²) < 4.78 is 10.8. The summed E-state index contributed by atoms with van der Waals surface area (Å²) in [6.07, 6.45) is 15.1. The molecule has 0 amide bonds. The summed E-state index contributed by atoms with van der Waals surface area (Å²) in [5.74, 6) is -1.07. The van der Waals surface area contributed by atoms with Crippen molar-refractivity contribution in [3.8, 4) is 17.5 Å². The van der Waals surface area contributed by atoms with Crippen LogP contribution in [0.15, 0.2) is 74.1 Å². The number of quaternary nitrogens is 1. The summed E-state index contributed by atoms with van der Waals surface area (Å²) in [5.41, 5.74) is 3.20. The van der Waals surface area contributed by atoms with Gasteiger partial charge in [-0.1, -0.05) is 35.4 Å². The van der Waals surface area contributed by atoms with Gasteiger partial charge in [-0.2, -0.15) is 0 Å². The number of benzene rings is 1. The maximum absolute atomic E-state index is 14.7. The largest absolute Gasteiger partial charge is 0.860 e. The van der Waals surface area contributed by atoms with Gasteiger partial charge in [0.2, 0.25) is 5.88 Å². The summed E-state index contributed by atoms with van der Waals surface area (Å²) >= 11 is 11.2. The maximum atomic E-state index is 14.7. The van der Waals surface area contributed by atoms with Crippen molar-refractivity contribution in [1.29, 1.82) is 0 Å². The van der Waals surface area contributed by atoms with Crippen LogP contribution in [0.5, 0.6) is 17.5 Å². The zero-order valence-electron chi connectivity index (χ0n) is 33.0. The van der Waals surface area contributed by atoms with Gasteiger partial charge in [0.1, 0.15) is 12.3 Å². The number of fused-ring (bicyclic) bond motifs is 4. The predicted octanol–water partition coefficient (Wildman–Crippen LogP) is 5.24. The minimum absolute atomic E-state index is 0.0160. The molecule has 14 heteroatoms. The van der Waals surface area contributed by atoms with Crippen LogP contribution in [0.1, 0.15) is 110 Å². The van der Waals surface area contributed by atoms with Crippen molar-refractivity contribution in [3.05, 3.63) is 128 Å². The molecule has 0 saturated carbocycles. The molecule has 0 spiro atoms. The van der Waals surface area contributed by atoms with E-state index in [0.717, 1.165) is 82.1 Å². The third-order valence-corrected chi connectivity index (χ3v) is 13.4. The second-order valence-electron chi connectivity index (χ2n) is 16.5. The van der Waals surface area contributed by atoms with Crippen LogP contribution in [0.2, 0.25) is 0 Å². The highest BCUT2D eigenvalue weighted by atomic mass is 32.1. The number of ether oxygens (including phenoxy) is 1. The number of nitrogens with one attached hydrogen (secondary N) is 3. The Bertz CT molecular complexity index is 2470. The number of allylic oxidation sites excluding steroid dienone is 4. The van der Waals surface area contributed by atoms with Crippen molar-refractivity contribution < 1.29 is 19.8 Å². The molecule has 8 rings (SSSR count). The van der Waals surface area contributed by atoms with Crippen LogP contribution in [-0.4, -0.2) is 49.0 Å². The molecule has 58 heavy (non-hydrogen) atoms. The van der Waals surface area contributed by atoms with Crippen molar-refractivity contribution in [2.75, 3.05) is 20.2 Å². The number of pyridine rings is 1. The zero-order valence-corrected chi connectivity index (χ0v) is 34.7. The first-order valence-corrected chi connectivity index (χ1v) is 21.6. The highest BCUT2D eigenvalue weighted by molar-refractivity contribution is 7.71. The summed E-state index contributed by atoms with van der Waals surface area (Å²) in [6, 6.07) is 11.0.